The molecule has 6 atom stereocenters. The summed E-state index contributed by atoms with van der Waals surface area (Å²) in [6.07, 6.45) is 17.4. The lowest BCUT2D eigenvalue weighted by atomic mass is 9.58. The molecule has 2 spiro atoms. The van der Waals surface area contributed by atoms with Gasteiger partial charge in [0, 0.05) is 30.4 Å². The Morgan fingerprint density at radius 1 is 1.16 bits per heavy atom. The number of primary sulfonamides is 1. The van der Waals surface area contributed by atoms with Crippen LogP contribution in [-0.4, -0.2) is 42.9 Å². The summed E-state index contributed by atoms with van der Waals surface area (Å²) in [5.74, 6) is 0.991. The van der Waals surface area contributed by atoms with Gasteiger partial charge in [-0.15, -0.1) is 0 Å². The Labute approximate surface area is 219 Å². The molecule has 2 aliphatic heterocycles. The molecule has 0 radical (unpaired) electrons. The van der Waals surface area contributed by atoms with E-state index in [1.807, 2.05) is 12.4 Å². The largest absolute Gasteiger partial charge is 0.359 e. The minimum Gasteiger partial charge on any atom is -0.359 e. The number of benzene rings is 1. The van der Waals surface area contributed by atoms with E-state index in [4.69, 9.17) is 9.88 Å². The van der Waals surface area contributed by atoms with Gasteiger partial charge in [0.05, 0.1) is 17.0 Å². The van der Waals surface area contributed by atoms with Gasteiger partial charge in [-0.1, -0.05) is 31.2 Å². The van der Waals surface area contributed by atoms with E-state index < -0.39 is 10.0 Å². The average molecular weight is 520 g/mol. The van der Waals surface area contributed by atoms with Gasteiger partial charge in [0.15, 0.2) is 0 Å². The molecule has 196 valence electrons. The van der Waals surface area contributed by atoms with Crippen LogP contribution < -0.4 is 10.5 Å². The van der Waals surface area contributed by atoms with Gasteiger partial charge in [0.2, 0.25) is 10.0 Å². The highest BCUT2D eigenvalue weighted by Crippen LogP contribution is 2.69. The number of aromatic nitrogens is 1. The number of rotatable bonds is 5. The Bertz CT molecular complexity index is 1430. The molecule has 3 heterocycles. The van der Waals surface area contributed by atoms with Crippen molar-refractivity contribution in [3.63, 3.8) is 0 Å². The van der Waals surface area contributed by atoms with Gasteiger partial charge in [0.1, 0.15) is 0 Å². The van der Waals surface area contributed by atoms with Gasteiger partial charge in [-0.2, -0.15) is 0 Å². The molecule has 7 rings (SSSR count). The maximum absolute atomic E-state index is 11.4. The fourth-order valence-electron chi connectivity index (χ4n) is 8.85. The van der Waals surface area contributed by atoms with E-state index in [0.29, 0.717) is 18.4 Å². The SMILES string of the molecule is C[C@]12CC=C3C=C4CCC(NCCS(N)(=O)=O)C[C@]45CC[C@]3(O5)[C@@H]1CC[C@@H]2c1ccc2ccncc2c1. The second-order valence-corrected chi connectivity index (χ2v) is 14.2. The van der Waals surface area contributed by atoms with Crippen molar-refractivity contribution in [1.29, 1.82) is 0 Å². The predicted octanol–water partition coefficient (Wildman–Crippen LogP) is 4.72. The summed E-state index contributed by atoms with van der Waals surface area (Å²) in [4.78, 5) is 4.36. The average Bonchev–Trinajstić information content (AvgIpc) is 3.38. The van der Waals surface area contributed by atoms with Crippen LogP contribution in [0, 0.1) is 11.3 Å². The number of nitrogens with zero attached hydrogens (tertiary/aromatic N) is 1. The lowest BCUT2D eigenvalue weighted by Crippen LogP contribution is -2.55. The van der Waals surface area contributed by atoms with Crippen molar-refractivity contribution in [3.8, 4) is 0 Å². The molecule has 3 N–H and O–H groups in total. The van der Waals surface area contributed by atoms with Crippen molar-refractivity contribution >= 4 is 20.8 Å². The molecule has 1 aromatic carbocycles. The number of hydrogen-bond donors (Lipinski definition) is 2. The summed E-state index contributed by atoms with van der Waals surface area (Å²) in [6.45, 7) is 2.91. The molecule has 1 saturated heterocycles. The third-order valence-corrected chi connectivity index (χ3v) is 11.3. The summed E-state index contributed by atoms with van der Waals surface area (Å²) in [5, 5.41) is 11.2. The first-order valence-electron chi connectivity index (χ1n) is 13.9. The van der Waals surface area contributed by atoms with E-state index in [2.05, 4.69) is 53.6 Å². The molecule has 6 nitrogen and oxygen atoms in total. The van der Waals surface area contributed by atoms with Crippen LogP contribution >= 0.6 is 0 Å². The lowest BCUT2D eigenvalue weighted by molar-refractivity contribution is -0.136. The number of hydrogen-bond acceptors (Lipinski definition) is 5. The molecule has 5 aliphatic rings. The molecule has 37 heavy (non-hydrogen) atoms. The van der Waals surface area contributed by atoms with Gasteiger partial charge >= 0.3 is 0 Å². The Morgan fingerprint density at radius 2 is 2.05 bits per heavy atom. The predicted molar refractivity (Wildman–Crippen MR) is 145 cm³/mol. The zero-order valence-electron chi connectivity index (χ0n) is 21.6. The molecule has 3 aliphatic carbocycles. The van der Waals surface area contributed by atoms with Crippen LogP contribution in [-0.2, 0) is 14.8 Å². The number of nitrogens with two attached hydrogens (primary N) is 1. The molecule has 2 aromatic rings. The van der Waals surface area contributed by atoms with Crippen LogP contribution in [0.25, 0.3) is 10.8 Å². The van der Waals surface area contributed by atoms with E-state index >= 15 is 0 Å². The molecule has 0 amide bonds. The summed E-state index contributed by atoms with van der Waals surface area (Å²) >= 11 is 0. The van der Waals surface area contributed by atoms with Gasteiger partial charge in [-0.3, -0.25) is 4.98 Å². The molecule has 3 fully saturated rings. The standard InChI is InChI=1S/C30H37N3O3S/c1-28-10-8-24-17-23-4-5-25(33-14-15-37(31,34)35)18-29(23)11-12-30(24,36-29)27(28)7-6-26(28)21-3-2-20-9-13-32-19-22(20)16-21/h2-3,8-9,13,16-17,19,25-27,33H,4-7,10-12,14-15,18H2,1H3,(H2,31,34,35)/t25?,26-,27-,28-,29-,30-/m1/s1. The first-order chi connectivity index (χ1) is 17.7. The smallest absolute Gasteiger partial charge is 0.210 e. The van der Waals surface area contributed by atoms with Crippen molar-refractivity contribution in [3.05, 3.63) is 65.5 Å². The summed E-state index contributed by atoms with van der Waals surface area (Å²) in [5.41, 5.74) is 4.10. The van der Waals surface area contributed by atoms with Crippen LogP contribution in [0.2, 0.25) is 0 Å². The highest BCUT2D eigenvalue weighted by molar-refractivity contribution is 7.89. The molecular formula is C30H37N3O3S. The number of ether oxygens (including phenoxy) is 1. The fourth-order valence-corrected chi connectivity index (χ4v) is 9.26. The van der Waals surface area contributed by atoms with Crippen LogP contribution in [0.4, 0.5) is 0 Å². The van der Waals surface area contributed by atoms with Crippen LogP contribution in [0.1, 0.15) is 69.8 Å². The van der Waals surface area contributed by atoms with Crippen LogP contribution in [0.15, 0.2) is 60.0 Å². The third-order valence-electron chi connectivity index (χ3n) is 10.6. The normalized spacial score (nSPS) is 38.5. The van der Waals surface area contributed by atoms with E-state index in [9.17, 15) is 8.42 Å². The Balaban J connectivity index is 1.17. The van der Waals surface area contributed by atoms with Gasteiger partial charge in [-0.05, 0) is 103 Å². The van der Waals surface area contributed by atoms with Crippen molar-refractivity contribution in [2.45, 2.75) is 81.5 Å². The highest BCUT2D eigenvalue weighted by atomic mass is 32.2. The molecule has 7 heteroatoms. The van der Waals surface area contributed by atoms with Crippen molar-refractivity contribution < 1.29 is 13.2 Å². The van der Waals surface area contributed by atoms with Crippen molar-refractivity contribution in [2.75, 3.05) is 12.3 Å². The first-order valence-corrected chi connectivity index (χ1v) is 15.6. The minimum atomic E-state index is -3.45. The fraction of sp³-hybridized carbons (Fsp3) is 0.567. The topological polar surface area (TPSA) is 94.3 Å². The summed E-state index contributed by atoms with van der Waals surface area (Å²) < 4.78 is 30.2. The molecule has 2 saturated carbocycles. The number of allylic oxidation sites excluding steroid dienone is 1. The number of sulfonamides is 1. The van der Waals surface area contributed by atoms with E-state index in [1.165, 1.54) is 40.3 Å². The zero-order valence-corrected chi connectivity index (χ0v) is 22.4. The van der Waals surface area contributed by atoms with Crippen molar-refractivity contribution in [1.82, 2.24) is 10.3 Å². The van der Waals surface area contributed by atoms with Crippen LogP contribution in [0.5, 0.6) is 0 Å². The van der Waals surface area contributed by atoms with E-state index in [0.717, 1.165) is 38.5 Å². The van der Waals surface area contributed by atoms with Gasteiger partial charge < -0.3 is 10.1 Å². The van der Waals surface area contributed by atoms with E-state index in [-0.39, 0.29) is 28.4 Å². The van der Waals surface area contributed by atoms with E-state index in [1.54, 1.807) is 0 Å². The summed E-state index contributed by atoms with van der Waals surface area (Å²) in [6, 6.07) is 9.31. The first kappa shape index (κ1) is 24.0. The Morgan fingerprint density at radius 3 is 2.92 bits per heavy atom. The maximum atomic E-state index is 11.4. The molecular weight excluding hydrogens is 482 g/mol. The monoisotopic (exact) mass is 519 g/mol. The van der Waals surface area contributed by atoms with Crippen molar-refractivity contribution in [2.24, 2.45) is 16.5 Å². The number of pyridine rings is 1. The lowest BCUT2D eigenvalue weighted by Gasteiger charge is -2.54. The molecule has 2 bridgehead atoms. The second-order valence-electron chi connectivity index (χ2n) is 12.5. The minimum absolute atomic E-state index is 0.0243. The van der Waals surface area contributed by atoms with Gasteiger partial charge in [-0.25, -0.2) is 13.6 Å². The molecule has 1 unspecified atom stereocenters. The third kappa shape index (κ3) is 3.68. The number of fused-ring (bicyclic) bond motifs is 2. The Kier molecular flexibility index (Phi) is 5.33. The molecule has 1 aromatic heterocycles. The quantitative estimate of drug-likeness (QED) is 0.596. The zero-order chi connectivity index (χ0) is 25.5. The van der Waals surface area contributed by atoms with Crippen LogP contribution in [0.3, 0.4) is 0 Å². The second kappa shape index (κ2) is 8.22. The highest BCUT2D eigenvalue weighted by Gasteiger charge is 2.66. The maximum Gasteiger partial charge on any atom is 0.210 e. The number of nitrogens with one attached hydrogen (secondary N) is 1. The Hall–Kier alpha value is -2.06. The van der Waals surface area contributed by atoms with Gasteiger partial charge in [0.25, 0.3) is 0 Å². The summed E-state index contributed by atoms with van der Waals surface area (Å²) in [7, 11) is -3.45.